The van der Waals surface area contributed by atoms with Gasteiger partial charge in [0.1, 0.15) is 5.60 Å². The second-order valence-corrected chi connectivity index (χ2v) is 6.87. The summed E-state index contributed by atoms with van der Waals surface area (Å²) in [6, 6.07) is 9.90. The van der Waals surface area contributed by atoms with Crippen LogP contribution < -0.4 is 5.73 Å². The van der Waals surface area contributed by atoms with Crippen molar-refractivity contribution < 1.29 is 9.53 Å². The molecule has 5 heteroatoms. The number of likely N-dealkylation sites (tertiary alicyclic amines) is 1. The number of benzene rings is 1. The smallest absolute Gasteiger partial charge is 0.410 e. The summed E-state index contributed by atoms with van der Waals surface area (Å²) in [7, 11) is 0. The van der Waals surface area contributed by atoms with E-state index in [0.29, 0.717) is 11.5 Å². The molecule has 1 amide bonds. The van der Waals surface area contributed by atoms with Gasteiger partial charge in [-0.15, -0.1) is 0 Å². The van der Waals surface area contributed by atoms with Crippen LogP contribution in [0.4, 0.5) is 4.79 Å². The van der Waals surface area contributed by atoms with Gasteiger partial charge in [0.2, 0.25) is 0 Å². The monoisotopic (exact) mass is 306 g/mol. The molecule has 0 bridgehead atoms. The van der Waals surface area contributed by atoms with Crippen molar-refractivity contribution in [1.82, 2.24) is 4.90 Å². The molecule has 0 aromatic heterocycles. The third-order valence-corrected chi connectivity index (χ3v) is 3.85. The molecule has 1 heterocycles. The van der Waals surface area contributed by atoms with Crippen molar-refractivity contribution >= 4 is 23.3 Å². The van der Waals surface area contributed by atoms with E-state index in [9.17, 15) is 4.79 Å². The maximum atomic E-state index is 12.4. The number of thiocarbonyl (C=S) groups is 1. The van der Waals surface area contributed by atoms with Gasteiger partial charge in [0.05, 0.1) is 11.0 Å². The first-order valence-corrected chi connectivity index (χ1v) is 7.52. The summed E-state index contributed by atoms with van der Waals surface area (Å²) in [6.07, 6.45) is 0.439. The highest BCUT2D eigenvalue weighted by atomic mass is 32.1. The summed E-state index contributed by atoms with van der Waals surface area (Å²) in [4.78, 5) is 14.6. The van der Waals surface area contributed by atoms with Crippen LogP contribution in [0.3, 0.4) is 0 Å². The van der Waals surface area contributed by atoms with Gasteiger partial charge >= 0.3 is 6.09 Å². The molecule has 1 aromatic rings. The lowest BCUT2D eigenvalue weighted by atomic mass is 10.00. The Kier molecular flexibility index (Phi) is 4.52. The zero-order valence-corrected chi connectivity index (χ0v) is 13.5. The van der Waals surface area contributed by atoms with Gasteiger partial charge in [0.25, 0.3) is 0 Å². The van der Waals surface area contributed by atoms with Gasteiger partial charge in [-0.05, 0) is 32.8 Å². The van der Waals surface area contributed by atoms with Gasteiger partial charge in [-0.3, -0.25) is 0 Å². The van der Waals surface area contributed by atoms with E-state index in [1.807, 2.05) is 51.1 Å². The molecule has 0 radical (unpaired) electrons. The fraction of sp³-hybridized carbons (Fsp3) is 0.500. The average Bonchev–Trinajstić information content (AvgIpc) is 2.83. The topological polar surface area (TPSA) is 55.6 Å². The summed E-state index contributed by atoms with van der Waals surface area (Å²) in [6.45, 7) is 6.11. The standard InChI is InChI=1S/C16H22N2O2S/c1-16(2,3)20-15(19)18-10-12(14(17)21)9-13(18)11-7-5-4-6-8-11/h4-8,12-13H,9-10H2,1-3H3,(H2,17,21)/t12-,13+/m1/s1. The quantitative estimate of drug-likeness (QED) is 0.852. The Morgan fingerprint density at radius 3 is 2.48 bits per heavy atom. The number of nitrogens with two attached hydrogens (primary N) is 1. The lowest BCUT2D eigenvalue weighted by Gasteiger charge is -2.28. The molecular weight excluding hydrogens is 284 g/mol. The molecule has 0 saturated carbocycles. The normalized spacial score (nSPS) is 22.1. The molecule has 2 atom stereocenters. The minimum absolute atomic E-state index is 0.0347. The lowest BCUT2D eigenvalue weighted by molar-refractivity contribution is 0.0222. The lowest BCUT2D eigenvalue weighted by Crippen LogP contribution is -2.37. The largest absolute Gasteiger partial charge is 0.444 e. The Balaban J connectivity index is 2.23. The van der Waals surface area contributed by atoms with Crippen molar-refractivity contribution in [2.45, 2.75) is 38.8 Å². The van der Waals surface area contributed by atoms with Crippen LogP contribution in [-0.4, -0.2) is 28.1 Å². The van der Waals surface area contributed by atoms with E-state index in [-0.39, 0.29) is 18.1 Å². The second kappa shape index (κ2) is 6.02. The number of carbonyl (C=O) groups excluding carboxylic acids is 1. The van der Waals surface area contributed by atoms with Gasteiger partial charge in [0, 0.05) is 12.5 Å². The first kappa shape index (κ1) is 15.8. The van der Waals surface area contributed by atoms with Crippen LogP contribution >= 0.6 is 12.2 Å². The van der Waals surface area contributed by atoms with E-state index >= 15 is 0 Å². The summed E-state index contributed by atoms with van der Waals surface area (Å²) >= 11 is 5.11. The highest BCUT2D eigenvalue weighted by molar-refractivity contribution is 7.80. The van der Waals surface area contributed by atoms with Crippen LogP contribution in [0.15, 0.2) is 30.3 Å². The number of amides is 1. The van der Waals surface area contributed by atoms with Crippen LogP contribution in [-0.2, 0) is 4.74 Å². The SMILES string of the molecule is CC(C)(C)OC(=O)N1C[C@H](C(N)=S)C[C@H]1c1ccccc1. The predicted molar refractivity (Wildman–Crippen MR) is 87.0 cm³/mol. The highest BCUT2D eigenvalue weighted by Gasteiger charge is 2.39. The van der Waals surface area contributed by atoms with E-state index in [1.54, 1.807) is 4.90 Å². The zero-order chi connectivity index (χ0) is 15.6. The molecule has 4 nitrogen and oxygen atoms in total. The maximum absolute atomic E-state index is 12.4. The van der Waals surface area contributed by atoms with Crippen molar-refractivity contribution in [3.63, 3.8) is 0 Å². The first-order valence-electron chi connectivity index (χ1n) is 7.12. The predicted octanol–water partition coefficient (Wildman–Crippen LogP) is 3.27. The molecule has 2 N–H and O–H groups in total. The first-order chi connectivity index (χ1) is 9.78. The minimum atomic E-state index is -0.514. The molecule has 114 valence electrons. The Bertz CT molecular complexity index is 525. The molecule has 1 saturated heterocycles. The van der Waals surface area contributed by atoms with E-state index in [1.165, 1.54) is 0 Å². The van der Waals surface area contributed by atoms with Crippen LogP contribution in [0.5, 0.6) is 0 Å². The second-order valence-electron chi connectivity index (χ2n) is 6.39. The molecule has 0 unspecified atom stereocenters. The van der Waals surface area contributed by atoms with Crippen molar-refractivity contribution in [3.05, 3.63) is 35.9 Å². The van der Waals surface area contributed by atoms with E-state index < -0.39 is 5.60 Å². The number of carbonyl (C=O) groups is 1. The third kappa shape index (κ3) is 3.94. The summed E-state index contributed by atoms with van der Waals surface area (Å²) in [5, 5.41) is 0. The number of nitrogens with zero attached hydrogens (tertiary/aromatic N) is 1. The highest BCUT2D eigenvalue weighted by Crippen LogP contribution is 2.36. The molecule has 2 rings (SSSR count). The van der Waals surface area contributed by atoms with E-state index in [0.717, 1.165) is 12.0 Å². The van der Waals surface area contributed by atoms with E-state index in [2.05, 4.69) is 0 Å². The Hall–Kier alpha value is -1.62. The van der Waals surface area contributed by atoms with Crippen molar-refractivity contribution in [2.75, 3.05) is 6.54 Å². The third-order valence-electron chi connectivity index (χ3n) is 3.52. The average molecular weight is 306 g/mol. The van der Waals surface area contributed by atoms with Crippen LogP contribution in [0.1, 0.15) is 38.8 Å². The van der Waals surface area contributed by atoms with E-state index in [4.69, 9.17) is 22.7 Å². The number of ether oxygens (including phenoxy) is 1. The van der Waals surface area contributed by atoms with Gasteiger partial charge in [-0.2, -0.15) is 0 Å². The fourth-order valence-corrected chi connectivity index (χ4v) is 2.73. The van der Waals surface area contributed by atoms with Crippen molar-refractivity contribution in [3.8, 4) is 0 Å². The Morgan fingerprint density at radius 2 is 1.95 bits per heavy atom. The molecule has 1 aliphatic rings. The van der Waals surface area contributed by atoms with Crippen LogP contribution in [0, 0.1) is 5.92 Å². The Morgan fingerprint density at radius 1 is 1.33 bits per heavy atom. The number of rotatable bonds is 2. The van der Waals surface area contributed by atoms with Crippen LogP contribution in [0.25, 0.3) is 0 Å². The molecule has 21 heavy (non-hydrogen) atoms. The van der Waals surface area contributed by atoms with Gasteiger partial charge in [-0.25, -0.2) is 4.79 Å². The molecule has 1 aromatic carbocycles. The van der Waals surface area contributed by atoms with Crippen molar-refractivity contribution in [1.29, 1.82) is 0 Å². The fourth-order valence-electron chi connectivity index (χ4n) is 2.56. The van der Waals surface area contributed by atoms with Crippen molar-refractivity contribution in [2.24, 2.45) is 11.7 Å². The number of hydrogen-bond acceptors (Lipinski definition) is 3. The molecule has 0 aliphatic carbocycles. The minimum Gasteiger partial charge on any atom is -0.444 e. The summed E-state index contributed by atoms with van der Waals surface area (Å²) < 4.78 is 5.50. The van der Waals surface area contributed by atoms with Gasteiger partial charge < -0.3 is 15.4 Å². The zero-order valence-electron chi connectivity index (χ0n) is 12.7. The van der Waals surface area contributed by atoms with Gasteiger partial charge in [0.15, 0.2) is 0 Å². The maximum Gasteiger partial charge on any atom is 0.410 e. The molecular formula is C16H22N2O2S. The molecule has 1 aliphatic heterocycles. The van der Waals surface area contributed by atoms with Gasteiger partial charge in [-0.1, -0.05) is 42.5 Å². The number of hydrogen-bond donors (Lipinski definition) is 1. The summed E-state index contributed by atoms with van der Waals surface area (Å²) in [5.41, 5.74) is 6.35. The molecule has 0 spiro atoms. The molecule has 1 fully saturated rings. The Labute approximate surface area is 131 Å². The van der Waals surface area contributed by atoms with Crippen LogP contribution in [0.2, 0.25) is 0 Å². The summed E-state index contributed by atoms with van der Waals surface area (Å²) in [5.74, 6) is 0.0396.